The number of amides is 1. The summed E-state index contributed by atoms with van der Waals surface area (Å²) in [6.07, 6.45) is -4.42. The lowest BCUT2D eigenvalue weighted by Crippen LogP contribution is -2.25. The number of nitrogens with zero attached hydrogens (tertiary/aromatic N) is 4. The summed E-state index contributed by atoms with van der Waals surface area (Å²) in [6.45, 7) is 3.46. The number of alkyl halides is 3. The molecule has 0 saturated heterocycles. The van der Waals surface area contributed by atoms with Gasteiger partial charge in [-0.1, -0.05) is 36.1 Å². The molecule has 0 aliphatic rings. The van der Waals surface area contributed by atoms with Gasteiger partial charge < -0.3 is 0 Å². The first-order valence-corrected chi connectivity index (χ1v) is 11.1. The molecule has 1 N–H and O–H groups in total. The number of anilines is 1. The lowest BCUT2D eigenvalue weighted by atomic mass is 10.1. The molecule has 0 aliphatic carbocycles. The zero-order valence-corrected chi connectivity index (χ0v) is 18.1. The lowest BCUT2D eigenvalue weighted by Gasteiger charge is -2.17. The summed E-state index contributed by atoms with van der Waals surface area (Å²) in [4.78, 5) is 17.5. The van der Waals surface area contributed by atoms with Crippen molar-refractivity contribution in [2.75, 3.05) is 5.32 Å². The number of aryl methyl sites for hydroxylation is 1. The van der Waals surface area contributed by atoms with Crippen molar-refractivity contribution in [1.82, 2.24) is 15.2 Å². The zero-order valence-electron chi connectivity index (χ0n) is 15.6. The number of hydrogen-bond acceptors (Lipinski definition) is 8. The van der Waals surface area contributed by atoms with Crippen molar-refractivity contribution in [2.45, 2.75) is 36.7 Å². The minimum absolute atomic E-state index is 0.105. The van der Waals surface area contributed by atoms with Crippen LogP contribution in [0.15, 0.2) is 28.6 Å². The highest BCUT2D eigenvalue weighted by atomic mass is 32.2. The number of nitrogens with one attached hydrogen (secondary N) is 1. The Hall–Kier alpha value is -2.49. The van der Waals surface area contributed by atoms with Crippen molar-refractivity contribution in [3.05, 3.63) is 39.7 Å². The Balaban J connectivity index is 1.99. The van der Waals surface area contributed by atoms with E-state index in [0.717, 1.165) is 17.8 Å². The number of thioether (sulfide) groups is 1. The Kier molecular flexibility index (Phi) is 6.74. The summed E-state index contributed by atoms with van der Waals surface area (Å²) in [5, 5.41) is 21.5. The molecule has 1 amide bonds. The molecule has 3 aromatic rings. The Morgan fingerprint density at radius 1 is 1.40 bits per heavy atom. The summed E-state index contributed by atoms with van der Waals surface area (Å²) in [5.74, 6) is -0.445. The minimum atomic E-state index is -4.73. The summed E-state index contributed by atoms with van der Waals surface area (Å²) >= 11 is 3.25. The standard InChI is InChI=1S/C18H14F3N5OS3/c1-3-13(15(27)24-17-26-25-9(2)29-17)30-16-10(8-22)11(18(19,20)21)7-12(23-16)14-5-4-6-28-14/h4-7,13H,3H2,1-2H3,(H,24,26,27)/t13-/m1/s1. The van der Waals surface area contributed by atoms with Crippen LogP contribution >= 0.6 is 34.4 Å². The molecule has 0 spiro atoms. The van der Waals surface area contributed by atoms with Gasteiger partial charge in [-0.3, -0.25) is 10.1 Å². The molecular weight excluding hydrogens is 455 g/mol. The molecule has 6 nitrogen and oxygen atoms in total. The van der Waals surface area contributed by atoms with Gasteiger partial charge >= 0.3 is 6.18 Å². The Bertz CT molecular complexity index is 1090. The van der Waals surface area contributed by atoms with E-state index in [4.69, 9.17) is 0 Å². The van der Waals surface area contributed by atoms with Crippen molar-refractivity contribution < 1.29 is 18.0 Å². The Morgan fingerprint density at radius 3 is 2.70 bits per heavy atom. The second-order valence-corrected chi connectivity index (χ2v) is 9.27. The van der Waals surface area contributed by atoms with Crippen LogP contribution in [-0.2, 0) is 11.0 Å². The fraction of sp³-hybridized carbons (Fsp3) is 0.278. The number of carbonyl (C=O) groups is 1. The summed E-state index contributed by atoms with van der Waals surface area (Å²) < 4.78 is 40.9. The summed E-state index contributed by atoms with van der Waals surface area (Å²) in [6, 6.07) is 5.84. The molecule has 3 heterocycles. The van der Waals surface area contributed by atoms with Gasteiger partial charge in [-0.05, 0) is 30.9 Å². The van der Waals surface area contributed by atoms with Gasteiger partial charge in [0, 0.05) is 0 Å². The Morgan fingerprint density at radius 2 is 2.17 bits per heavy atom. The largest absolute Gasteiger partial charge is 0.417 e. The van der Waals surface area contributed by atoms with E-state index in [9.17, 15) is 23.2 Å². The highest BCUT2D eigenvalue weighted by molar-refractivity contribution is 8.00. The second kappa shape index (κ2) is 9.11. The number of nitriles is 1. The third-order valence-corrected chi connectivity index (χ3v) is 6.85. The van der Waals surface area contributed by atoms with Crippen LogP contribution in [-0.4, -0.2) is 26.3 Å². The molecular formula is C18H14F3N5OS3. The van der Waals surface area contributed by atoms with E-state index in [2.05, 4.69) is 20.5 Å². The van der Waals surface area contributed by atoms with Gasteiger partial charge in [0.2, 0.25) is 11.0 Å². The van der Waals surface area contributed by atoms with E-state index < -0.39 is 28.5 Å². The Labute approximate surface area is 182 Å². The molecule has 3 rings (SSSR count). The predicted molar refractivity (Wildman–Crippen MR) is 110 cm³/mol. The molecule has 0 saturated carbocycles. The van der Waals surface area contributed by atoms with Crippen LogP contribution in [0.2, 0.25) is 0 Å². The van der Waals surface area contributed by atoms with Gasteiger partial charge in [-0.15, -0.1) is 21.5 Å². The SMILES string of the molecule is CC[C@@H](Sc1nc(-c2cccs2)cc(C(F)(F)F)c1C#N)C(=O)Nc1nnc(C)s1. The average molecular weight is 470 g/mol. The van der Waals surface area contributed by atoms with E-state index in [1.807, 2.05) is 0 Å². The molecule has 0 radical (unpaired) electrons. The molecule has 3 aromatic heterocycles. The van der Waals surface area contributed by atoms with E-state index >= 15 is 0 Å². The van der Waals surface area contributed by atoms with Crippen molar-refractivity contribution in [3.63, 3.8) is 0 Å². The van der Waals surface area contributed by atoms with Gasteiger partial charge in [-0.2, -0.15) is 18.4 Å². The first-order chi connectivity index (χ1) is 14.2. The van der Waals surface area contributed by atoms with E-state index in [-0.39, 0.29) is 10.7 Å². The normalized spacial score (nSPS) is 12.4. The lowest BCUT2D eigenvalue weighted by molar-refractivity contribution is -0.138. The quantitative estimate of drug-likeness (QED) is 0.488. The topological polar surface area (TPSA) is 91.6 Å². The van der Waals surface area contributed by atoms with Crippen LogP contribution < -0.4 is 5.32 Å². The van der Waals surface area contributed by atoms with E-state index in [1.54, 1.807) is 37.4 Å². The fourth-order valence-corrected chi connectivity index (χ4v) is 4.79. The molecule has 0 aliphatic heterocycles. The average Bonchev–Trinajstić information content (AvgIpc) is 3.36. The highest BCUT2D eigenvalue weighted by Gasteiger charge is 2.37. The monoisotopic (exact) mass is 469 g/mol. The maximum absolute atomic E-state index is 13.6. The van der Waals surface area contributed by atoms with Crippen LogP contribution in [0.3, 0.4) is 0 Å². The maximum Gasteiger partial charge on any atom is 0.417 e. The van der Waals surface area contributed by atoms with Crippen molar-refractivity contribution >= 4 is 45.5 Å². The number of halogens is 3. The third-order valence-electron chi connectivity index (χ3n) is 3.85. The molecule has 0 fully saturated rings. The second-order valence-electron chi connectivity index (χ2n) is 5.95. The van der Waals surface area contributed by atoms with Crippen LogP contribution in [0.5, 0.6) is 0 Å². The van der Waals surface area contributed by atoms with E-state index in [0.29, 0.717) is 21.4 Å². The summed E-state index contributed by atoms with van der Waals surface area (Å²) in [7, 11) is 0. The first kappa shape index (κ1) is 22.2. The third kappa shape index (κ3) is 4.97. The minimum Gasteiger partial charge on any atom is -0.300 e. The molecule has 12 heteroatoms. The van der Waals surface area contributed by atoms with Crippen LogP contribution in [0.1, 0.15) is 29.5 Å². The van der Waals surface area contributed by atoms with Gasteiger partial charge in [-0.25, -0.2) is 4.98 Å². The number of hydrogen-bond donors (Lipinski definition) is 1. The van der Waals surface area contributed by atoms with Gasteiger partial charge in [0.15, 0.2) is 0 Å². The predicted octanol–water partition coefficient (Wildman–Crippen LogP) is 5.37. The van der Waals surface area contributed by atoms with E-state index in [1.165, 1.54) is 22.7 Å². The molecule has 1 atom stereocenters. The molecule has 30 heavy (non-hydrogen) atoms. The highest BCUT2D eigenvalue weighted by Crippen LogP contribution is 2.40. The maximum atomic E-state index is 13.6. The van der Waals surface area contributed by atoms with Gasteiger partial charge in [0.1, 0.15) is 16.1 Å². The zero-order chi connectivity index (χ0) is 21.9. The number of carbonyl (C=O) groups excluding carboxylic acids is 1. The van der Waals surface area contributed by atoms with Crippen LogP contribution in [0.25, 0.3) is 10.6 Å². The van der Waals surface area contributed by atoms with Gasteiger partial charge in [0.05, 0.1) is 26.9 Å². The molecule has 0 bridgehead atoms. The number of rotatable bonds is 6. The van der Waals surface area contributed by atoms with Crippen LogP contribution in [0, 0.1) is 18.3 Å². The van der Waals surface area contributed by atoms with Crippen molar-refractivity contribution in [2.24, 2.45) is 0 Å². The summed E-state index contributed by atoms with van der Waals surface area (Å²) in [5.41, 5.74) is -1.56. The fourth-order valence-electron chi connectivity index (χ4n) is 2.48. The number of pyridine rings is 1. The van der Waals surface area contributed by atoms with Gasteiger partial charge in [0.25, 0.3) is 0 Å². The number of thiophene rings is 1. The first-order valence-electron chi connectivity index (χ1n) is 8.56. The van der Waals surface area contributed by atoms with Crippen LogP contribution in [0.4, 0.5) is 18.3 Å². The molecule has 156 valence electrons. The number of aromatic nitrogens is 3. The molecule has 0 unspecified atom stereocenters. The molecule has 0 aromatic carbocycles. The smallest absolute Gasteiger partial charge is 0.300 e. The van der Waals surface area contributed by atoms with Crippen molar-refractivity contribution in [1.29, 1.82) is 5.26 Å². The van der Waals surface area contributed by atoms with Crippen molar-refractivity contribution in [3.8, 4) is 16.6 Å².